The fourth-order valence-corrected chi connectivity index (χ4v) is 6.53. The molecule has 1 saturated heterocycles. The van der Waals surface area contributed by atoms with Crippen molar-refractivity contribution >= 4 is 33.0 Å². The summed E-state index contributed by atoms with van der Waals surface area (Å²) in [6.45, 7) is 3.83. The van der Waals surface area contributed by atoms with Crippen LogP contribution in [0.5, 0.6) is 0 Å². The standard InChI is InChI=1S/C20H21FN4O4S2/c1-12-18(10-17(30-12)19-22-13(2)29-24-19)31(27,28)25-9-3-4-14(11-25)20(26)23-16-7-5-15(21)6-8-16/h5-8,10,14H,3-4,9,11H2,1-2H3,(H,23,26)/t14-/m0/s1. The average molecular weight is 465 g/mol. The molecule has 8 nitrogen and oxygen atoms in total. The van der Waals surface area contributed by atoms with Crippen LogP contribution in [0.3, 0.4) is 0 Å². The summed E-state index contributed by atoms with van der Waals surface area (Å²) < 4.78 is 46.0. The van der Waals surface area contributed by atoms with Gasteiger partial charge in [0.15, 0.2) is 0 Å². The minimum Gasteiger partial charge on any atom is -0.339 e. The molecule has 1 fully saturated rings. The summed E-state index contributed by atoms with van der Waals surface area (Å²) in [7, 11) is -3.79. The third-order valence-electron chi connectivity index (χ3n) is 5.10. The third kappa shape index (κ3) is 4.53. The van der Waals surface area contributed by atoms with Crippen LogP contribution in [0.2, 0.25) is 0 Å². The van der Waals surface area contributed by atoms with Crippen molar-refractivity contribution < 1.29 is 22.1 Å². The monoisotopic (exact) mass is 464 g/mol. The van der Waals surface area contributed by atoms with Gasteiger partial charge in [0.05, 0.1) is 15.7 Å². The summed E-state index contributed by atoms with van der Waals surface area (Å²) in [5.74, 6) is -0.420. The molecular formula is C20H21FN4O4S2. The summed E-state index contributed by atoms with van der Waals surface area (Å²) in [4.78, 5) is 18.2. The van der Waals surface area contributed by atoms with Gasteiger partial charge in [-0.3, -0.25) is 4.79 Å². The number of anilines is 1. The number of hydrogen-bond acceptors (Lipinski definition) is 7. The van der Waals surface area contributed by atoms with Crippen LogP contribution >= 0.6 is 11.3 Å². The van der Waals surface area contributed by atoms with Crippen molar-refractivity contribution in [3.05, 3.63) is 46.9 Å². The van der Waals surface area contributed by atoms with E-state index in [0.29, 0.717) is 46.5 Å². The van der Waals surface area contributed by atoms with Crippen molar-refractivity contribution in [3.8, 4) is 10.7 Å². The predicted octanol–water partition coefficient (Wildman–Crippen LogP) is 3.59. The Kier molecular flexibility index (Phi) is 5.91. The quantitative estimate of drug-likeness (QED) is 0.619. The fraction of sp³-hybridized carbons (Fsp3) is 0.350. The highest BCUT2D eigenvalue weighted by atomic mass is 32.2. The fourth-order valence-electron chi connectivity index (χ4n) is 3.52. The number of sulfonamides is 1. The highest BCUT2D eigenvalue weighted by Gasteiger charge is 2.35. The second-order valence-electron chi connectivity index (χ2n) is 7.37. The zero-order chi connectivity index (χ0) is 22.2. The van der Waals surface area contributed by atoms with E-state index >= 15 is 0 Å². The number of nitrogens with one attached hydrogen (secondary N) is 1. The molecule has 0 saturated carbocycles. The molecule has 3 heterocycles. The molecule has 1 aliphatic heterocycles. The molecule has 0 radical (unpaired) electrons. The number of thiophene rings is 1. The second kappa shape index (κ2) is 8.48. The highest BCUT2D eigenvalue weighted by Crippen LogP contribution is 2.35. The Morgan fingerprint density at radius 2 is 2.03 bits per heavy atom. The smallest absolute Gasteiger partial charge is 0.244 e. The zero-order valence-electron chi connectivity index (χ0n) is 17.0. The lowest BCUT2D eigenvalue weighted by molar-refractivity contribution is -0.120. The van der Waals surface area contributed by atoms with Gasteiger partial charge in [-0.05, 0) is 50.1 Å². The summed E-state index contributed by atoms with van der Waals surface area (Å²) in [5, 5.41) is 6.59. The minimum atomic E-state index is -3.79. The predicted molar refractivity (Wildman–Crippen MR) is 114 cm³/mol. The number of aryl methyl sites for hydroxylation is 2. The Balaban J connectivity index is 1.51. The summed E-state index contributed by atoms with van der Waals surface area (Å²) >= 11 is 1.28. The first-order chi connectivity index (χ1) is 14.7. The summed E-state index contributed by atoms with van der Waals surface area (Å²) in [6.07, 6.45) is 1.15. The molecule has 164 valence electrons. The van der Waals surface area contributed by atoms with Crippen molar-refractivity contribution in [2.75, 3.05) is 18.4 Å². The molecular weight excluding hydrogens is 443 g/mol. The third-order valence-corrected chi connectivity index (χ3v) is 8.27. The van der Waals surface area contributed by atoms with Crippen LogP contribution in [0.4, 0.5) is 10.1 Å². The lowest BCUT2D eigenvalue weighted by atomic mass is 9.99. The Hall–Kier alpha value is -2.63. The van der Waals surface area contributed by atoms with Gasteiger partial charge in [0.2, 0.25) is 27.6 Å². The van der Waals surface area contributed by atoms with Crippen LogP contribution in [0.25, 0.3) is 10.7 Å². The van der Waals surface area contributed by atoms with Crippen molar-refractivity contribution in [2.24, 2.45) is 5.92 Å². The van der Waals surface area contributed by atoms with Gasteiger partial charge in [-0.25, -0.2) is 12.8 Å². The molecule has 31 heavy (non-hydrogen) atoms. The van der Waals surface area contributed by atoms with Crippen molar-refractivity contribution in [1.29, 1.82) is 0 Å². The Labute approximate surface area is 183 Å². The van der Waals surface area contributed by atoms with Gasteiger partial charge < -0.3 is 9.84 Å². The van der Waals surface area contributed by atoms with E-state index in [9.17, 15) is 17.6 Å². The number of hydrogen-bond donors (Lipinski definition) is 1. The molecule has 3 aromatic rings. The SMILES string of the molecule is Cc1nc(-c2cc(S(=O)(=O)N3CCC[C@H](C(=O)Nc4ccc(F)cc4)C3)c(C)s2)no1. The molecule has 1 aliphatic rings. The lowest BCUT2D eigenvalue weighted by Crippen LogP contribution is -2.43. The van der Waals surface area contributed by atoms with Crippen molar-refractivity contribution in [1.82, 2.24) is 14.4 Å². The molecule has 0 bridgehead atoms. The van der Waals surface area contributed by atoms with Crippen LogP contribution in [0, 0.1) is 25.6 Å². The van der Waals surface area contributed by atoms with Gasteiger partial charge in [0.1, 0.15) is 5.82 Å². The molecule has 1 atom stereocenters. The largest absolute Gasteiger partial charge is 0.339 e. The molecule has 4 rings (SSSR count). The normalized spacial score (nSPS) is 17.6. The minimum absolute atomic E-state index is 0.0846. The van der Waals surface area contributed by atoms with Crippen LogP contribution in [-0.2, 0) is 14.8 Å². The number of halogens is 1. The van der Waals surface area contributed by atoms with E-state index in [2.05, 4.69) is 15.5 Å². The van der Waals surface area contributed by atoms with Crippen LogP contribution in [0.1, 0.15) is 23.6 Å². The van der Waals surface area contributed by atoms with Gasteiger partial charge in [-0.15, -0.1) is 11.3 Å². The van der Waals surface area contributed by atoms with E-state index in [1.807, 2.05) is 0 Å². The highest BCUT2D eigenvalue weighted by molar-refractivity contribution is 7.89. The molecule has 0 aliphatic carbocycles. The average Bonchev–Trinajstić information content (AvgIpc) is 3.35. The van der Waals surface area contributed by atoms with Crippen LogP contribution in [-0.4, -0.2) is 41.9 Å². The molecule has 11 heteroatoms. The number of piperidine rings is 1. The lowest BCUT2D eigenvalue weighted by Gasteiger charge is -2.31. The number of nitrogens with zero attached hydrogens (tertiary/aromatic N) is 3. The Morgan fingerprint density at radius 3 is 2.71 bits per heavy atom. The number of rotatable bonds is 5. The summed E-state index contributed by atoms with van der Waals surface area (Å²) in [5.41, 5.74) is 0.472. The Morgan fingerprint density at radius 1 is 1.29 bits per heavy atom. The van der Waals surface area contributed by atoms with E-state index < -0.39 is 21.8 Å². The molecule has 2 aromatic heterocycles. The van der Waals surface area contributed by atoms with Crippen LogP contribution in [0.15, 0.2) is 39.8 Å². The Bertz CT molecular complexity index is 1200. The molecule has 0 unspecified atom stereocenters. The zero-order valence-corrected chi connectivity index (χ0v) is 18.6. The van der Waals surface area contributed by atoms with Gasteiger partial charge >= 0.3 is 0 Å². The second-order valence-corrected chi connectivity index (χ2v) is 10.5. The van der Waals surface area contributed by atoms with Crippen LogP contribution < -0.4 is 5.32 Å². The van der Waals surface area contributed by atoms with Crippen molar-refractivity contribution in [3.63, 3.8) is 0 Å². The maximum absolute atomic E-state index is 13.3. The number of carbonyl (C=O) groups excluding carboxylic acids is 1. The van der Waals surface area contributed by atoms with Crippen molar-refractivity contribution in [2.45, 2.75) is 31.6 Å². The topological polar surface area (TPSA) is 105 Å². The maximum Gasteiger partial charge on any atom is 0.244 e. The van der Waals surface area contributed by atoms with Gasteiger partial charge in [0, 0.05) is 30.6 Å². The van der Waals surface area contributed by atoms with E-state index in [-0.39, 0.29) is 17.3 Å². The maximum atomic E-state index is 13.3. The summed E-state index contributed by atoms with van der Waals surface area (Å²) in [6, 6.07) is 7.02. The first-order valence-corrected chi connectivity index (χ1v) is 12.0. The number of benzene rings is 1. The van der Waals surface area contributed by atoms with Gasteiger partial charge in [-0.2, -0.15) is 9.29 Å². The van der Waals surface area contributed by atoms with E-state index in [1.54, 1.807) is 19.9 Å². The van der Waals surface area contributed by atoms with E-state index in [1.165, 1.54) is 39.9 Å². The molecule has 1 N–H and O–H groups in total. The first-order valence-electron chi connectivity index (χ1n) is 9.72. The van der Waals surface area contributed by atoms with Gasteiger partial charge in [-0.1, -0.05) is 5.16 Å². The molecule has 0 spiro atoms. The number of carbonyl (C=O) groups is 1. The van der Waals surface area contributed by atoms with E-state index in [4.69, 9.17) is 4.52 Å². The first kappa shape index (κ1) is 21.6. The van der Waals surface area contributed by atoms with Gasteiger partial charge in [0.25, 0.3) is 0 Å². The van der Waals surface area contributed by atoms with E-state index in [0.717, 1.165) is 0 Å². The molecule has 1 aromatic carbocycles. The molecule has 1 amide bonds. The number of aromatic nitrogens is 2. The number of amides is 1.